The van der Waals surface area contributed by atoms with Gasteiger partial charge < -0.3 is 10.2 Å². The Balaban J connectivity index is 1.39. The predicted octanol–water partition coefficient (Wildman–Crippen LogP) is 0.296. The van der Waals surface area contributed by atoms with Crippen LogP contribution in [0.2, 0.25) is 0 Å². The summed E-state index contributed by atoms with van der Waals surface area (Å²) in [6.45, 7) is 4.35. The average Bonchev–Trinajstić information content (AvgIpc) is 3.18. The van der Waals surface area contributed by atoms with Gasteiger partial charge in [-0.1, -0.05) is 12.1 Å². The Hall–Kier alpha value is -1.90. The number of amides is 3. The van der Waals surface area contributed by atoms with Crippen molar-refractivity contribution < 1.29 is 14.4 Å². The van der Waals surface area contributed by atoms with Gasteiger partial charge in [-0.15, -0.1) is 11.8 Å². The number of benzene rings is 1. The molecule has 4 aliphatic heterocycles. The van der Waals surface area contributed by atoms with Crippen LogP contribution in [0.3, 0.4) is 0 Å². The minimum atomic E-state index is -0.556. The Labute approximate surface area is 161 Å². The van der Waals surface area contributed by atoms with Gasteiger partial charge in [0.15, 0.2) is 0 Å². The molecular weight excluding hydrogens is 364 g/mol. The molecule has 0 saturated carbocycles. The largest absolute Gasteiger partial charge is 0.322 e. The van der Waals surface area contributed by atoms with Gasteiger partial charge in [0.25, 0.3) is 5.91 Å². The van der Waals surface area contributed by atoms with E-state index in [1.54, 1.807) is 4.90 Å². The van der Waals surface area contributed by atoms with E-state index in [4.69, 9.17) is 0 Å². The van der Waals surface area contributed by atoms with Crippen molar-refractivity contribution in [1.29, 1.82) is 0 Å². The summed E-state index contributed by atoms with van der Waals surface area (Å²) >= 11 is 2.02. The van der Waals surface area contributed by atoms with E-state index >= 15 is 0 Å². The van der Waals surface area contributed by atoms with Gasteiger partial charge in [0, 0.05) is 50.5 Å². The molecule has 0 bridgehead atoms. The summed E-state index contributed by atoms with van der Waals surface area (Å²) in [5, 5.41) is 5.74. The van der Waals surface area contributed by atoms with Crippen molar-refractivity contribution in [2.24, 2.45) is 0 Å². The maximum atomic E-state index is 12.9. The number of imide groups is 1. The number of thioether (sulfide) groups is 1. The third-order valence-corrected chi connectivity index (χ3v) is 7.62. The van der Waals surface area contributed by atoms with Crippen LogP contribution >= 0.6 is 11.8 Å². The van der Waals surface area contributed by atoms with Crippen molar-refractivity contribution in [3.8, 4) is 0 Å². The lowest BCUT2D eigenvalue weighted by molar-refractivity contribution is -0.136. The van der Waals surface area contributed by atoms with Crippen molar-refractivity contribution in [1.82, 2.24) is 20.4 Å². The molecule has 5 rings (SSSR count). The van der Waals surface area contributed by atoms with Gasteiger partial charge in [-0.05, 0) is 23.6 Å². The lowest BCUT2D eigenvalue weighted by atomic mass is 10.0. The molecule has 0 aromatic heterocycles. The first kappa shape index (κ1) is 17.2. The SMILES string of the molecule is O=C1CCC(N2Cc3c(CN4CCSC45CNC5)cccc3C2=O)C(=O)N1. The van der Waals surface area contributed by atoms with Gasteiger partial charge in [-0.25, -0.2) is 0 Å². The minimum Gasteiger partial charge on any atom is -0.322 e. The highest BCUT2D eigenvalue weighted by atomic mass is 32.2. The fourth-order valence-electron chi connectivity index (χ4n) is 4.53. The van der Waals surface area contributed by atoms with Gasteiger partial charge in [0.1, 0.15) is 6.04 Å². The molecule has 142 valence electrons. The molecule has 0 aliphatic carbocycles. The second-order valence-corrected chi connectivity index (χ2v) is 9.12. The number of nitrogens with zero attached hydrogens (tertiary/aromatic N) is 2. The third kappa shape index (κ3) is 2.69. The Bertz CT molecular complexity index is 838. The van der Waals surface area contributed by atoms with Crippen LogP contribution in [0.15, 0.2) is 18.2 Å². The van der Waals surface area contributed by atoms with Gasteiger partial charge in [0.2, 0.25) is 11.8 Å². The number of carbonyl (C=O) groups excluding carboxylic acids is 3. The monoisotopic (exact) mass is 386 g/mol. The highest BCUT2D eigenvalue weighted by Gasteiger charge is 2.47. The van der Waals surface area contributed by atoms with Crippen LogP contribution in [0.25, 0.3) is 0 Å². The fraction of sp³-hybridized carbons (Fsp3) is 0.526. The lowest BCUT2D eigenvalue weighted by Crippen LogP contribution is -2.64. The maximum absolute atomic E-state index is 12.9. The van der Waals surface area contributed by atoms with Crippen molar-refractivity contribution in [3.05, 3.63) is 34.9 Å². The molecule has 4 aliphatic rings. The highest BCUT2D eigenvalue weighted by molar-refractivity contribution is 8.01. The highest BCUT2D eigenvalue weighted by Crippen LogP contribution is 2.40. The van der Waals surface area contributed by atoms with Gasteiger partial charge in [-0.3, -0.25) is 24.6 Å². The summed E-state index contributed by atoms with van der Waals surface area (Å²) in [4.78, 5) is 41.0. The summed E-state index contributed by atoms with van der Waals surface area (Å²) in [6.07, 6.45) is 0.682. The molecule has 1 aromatic rings. The van der Waals surface area contributed by atoms with E-state index in [1.807, 2.05) is 23.9 Å². The number of nitrogens with one attached hydrogen (secondary N) is 2. The van der Waals surface area contributed by atoms with E-state index < -0.39 is 6.04 Å². The predicted molar refractivity (Wildman–Crippen MR) is 101 cm³/mol. The third-order valence-electron chi connectivity index (χ3n) is 6.15. The quantitative estimate of drug-likeness (QED) is 0.727. The average molecular weight is 386 g/mol. The number of carbonyl (C=O) groups is 3. The Kier molecular flexibility index (Phi) is 4.03. The first-order chi connectivity index (χ1) is 13.1. The van der Waals surface area contributed by atoms with Crippen molar-refractivity contribution in [2.75, 3.05) is 25.4 Å². The van der Waals surface area contributed by atoms with Crippen LogP contribution < -0.4 is 10.6 Å². The van der Waals surface area contributed by atoms with E-state index in [0.717, 1.165) is 37.5 Å². The Morgan fingerprint density at radius 3 is 2.81 bits per heavy atom. The molecule has 1 atom stereocenters. The Morgan fingerprint density at radius 2 is 2.07 bits per heavy atom. The van der Waals surface area contributed by atoms with Crippen LogP contribution in [0, 0.1) is 0 Å². The zero-order chi connectivity index (χ0) is 18.6. The van der Waals surface area contributed by atoms with E-state index in [9.17, 15) is 14.4 Å². The molecule has 27 heavy (non-hydrogen) atoms. The second-order valence-electron chi connectivity index (χ2n) is 7.66. The number of hydrogen-bond donors (Lipinski definition) is 2. The van der Waals surface area contributed by atoms with Crippen LogP contribution in [-0.2, 0) is 22.7 Å². The maximum Gasteiger partial charge on any atom is 0.255 e. The number of rotatable bonds is 3. The van der Waals surface area contributed by atoms with Crippen molar-refractivity contribution >= 4 is 29.5 Å². The molecule has 1 aromatic carbocycles. The van der Waals surface area contributed by atoms with E-state index in [1.165, 1.54) is 5.56 Å². The summed E-state index contributed by atoms with van der Waals surface area (Å²) < 4.78 is 0. The molecule has 8 heteroatoms. The standard InChI is InChI=1S/C19H22N4O3S/c24-16-5-4-15(17(25)21-16)23-9-14-12(2-1-3-13(14)18(23)26)8-22-6-7-27-19(22)10-20-11-19/h1-3,15,20H,4-11H2,(H,21,24,25). The summed E-state index contributed by atoms with van der Waals surface area (Å²) in [5.74, 6) is 0.423. The second kappa shape index (κ2) is 6.32. The van der Waals surface area contributed by atoms with Gasteiger partial charge in [-0.2, -0.15) is 0 Å². The number of hydrogen-bond acceptors (Lipinski definition) is 6. The molecule has 4 heterocycles. The molecule has 3 amide bonds. The smallest absolute Gasteiger partial charge is 0.255 e. The molecule has 1 spiro atoms. The summed E-state index contributed by atoms with van der Waals surface area (Å²) in [6, 6.07) is 5.34. The first-order valence-corrected chi connectivity index (χ1v) is 10.4. The van der Waals surface area contributed by atoms with Crippen LogP contribution in [-0.4, -0.2) is 63.8 Å². The fourth-order valence-corrected chi connectivity index (χ4v) is 5.97. The van der Waals surface area contributed by atoms with E-state index in [0.29, 0.717) is 18.5 Å². The molecule has 3 fully saturated rings. The molecule has 3 saturated heterocycles. The van der Waals surface area contributed by atoms with Crippen molar-refractivity contribution in [3.63, 3.8) is 0 Å². The van der Waals surface area contributed by atoms with Crippen LogP contribution in [0.4, 0.5) is 0 Å². The van der Waals surface area contributed by atoms with Crippen molar-refractivity contribution in [2.45, 2.75) is 36.8 Å². The van der Waals surface area contributed by atoms with Crippen LogP contribution in [0.1, 0.15) is 34.3 Å². The Morgan fingerprint density at radius 1 is 1.22 bits per heavy atom. The van der Waals surface area contributed by atoms with Gasteiger partial charge in [0.05, 0.1) is 4.87 Å². The van der Waals surface area contributed by atoms with E-state index in [-0.39, 0.29) is 29.0 Å². The molecule has 7 nitrogen and oxygen atoms in total. The lowest BCUT2D eigenvalue weighted by Gasteiger charge is -2.45. The van der Waals surface area contributed by atoms with Crippen LogP contribution in [0.5, 0.6) is 0 Å². The zero-order valence-electron chi connectivity index (χ0n) is 15.0. The topological polar surface area (TPSA) is 81.8 Å². The van der Waals surface area contributed by atoms with Gasteiger partial charge >= 0.3 is 0 Å². The number of piperidine rings is 1. The number of fused-ring (bicyclic) bond motifs is 1. The summed E-state index contributed by atoms with van der Waals surface area (Å²) in [7, 11) is 0. The molecule has 0 radical (unpaired) electrons. The molecule has 1 unspecified atom stereocenters. The first-order valence-electron chi connectivity index (χ1n) is 9.43. The minimum absolute atomic E-state index is 0.0998. The summed E-state index contributed by atoms with van der Waals surface area (Å²) in [5.41, 5.74) is 2.90. The normalized spacial score (nSPS) is 27.0. The zero-order valence-corrected chi connectivity index (χ0v) is 15.8. The molecular formula is C19H22N4O3S. The molecule has 2 N–H and O–H groups in total. The van der Waals surface area contributed by atoms with E-state index in [2.05, 4.69) is 21.6 Å².